The van der Waals surface area contributed by atoms with Crippen molar-refractivity contribution in [3.05, 3.63) is 70.1 Å². The molecule has 0 fully saturated rings. The van der Waals surface area contributed by atoms with E-state index in [1.165, 1.54) is 22.9 Å². The van der Waals surface area contributed by atoms with Gasteiger partial charge in [-0.25, -0.2) is 5.84 Å². The van der Waals surface area contributed by atoms with Crippen molar-refractivity contribution in [2.75, 3.05) is 0 Å². The van der Waals surface area contributed by atoms with Gasteiger partial charge < -0.3 is 4.57 Å². The average molecular weight is 243 g/mol. The predicted molar refractivity (Wildman–Crippen MR) is 67.9 cm³/mol. The summed E-state index contributed by atoms with van der Waals surface area (Å²) in [6, 6.07) is 12.3. The molecule has 0 atom stereocenters. The van der Waals surface area contributed by atoms with Crippen LogP contribution in [-0.2, 0) is 6.54 Å². The highest BCUT2D eigenvalue weighted by Gasteiger charge is 2.05. The first-order chi connectivity index (χ1) is 8.70. The SMILES string of the molecule is NNC(=O)c1ccc(=O)n(Cc2ccccc2)c1. The number of nitrogens with zero attached hydrogens (tertiary/aromatic N) is 1. The van der Waals surface area contributed by atoms with Crippen LogP contribution in [0.3, 0.4) is 0 Å². The molecular formula is C13H13N3O2. The molecule has 0 spiro atoms. The fraction of sp³-hybridized carbons (Fsp3) is 0.0769. The van der Waals surface area contributed by atoms with Crippen molar-refractivity contribution in [1.29, 1.82) is 0 Å². The average Bonchev–Trinajstić information content (AvgIpc) is 2.41. The number of pyridine rings is 1. The number of hydrogen-bond donors (Lipinski definition) is 2. The van der Waals surface area contributed by atoms with Crippen LogP contribution >= 0.6 is 0 Å². The van der Waals surface area contributed by atoms with Gasteiger partial charge in [0.05, 0.1) is 12.1 Å². The number of carbonyl (C=O) groups is 1. The molecule has 0 bridgehead atoms. The molecule has 0 unspecified atom stereocenters. The minimum atomic E-state index is -0.420. The summed E-state index contributed by atoms with van der Waals surface area (Å²) in [6.45, 7) is 0.422. The quantitative estimate of drug-likeness (QED) is 0.468. The molecule has 3 N–H and O–H groups in total. The number of nitrogens with two attached hydrogens (primary N) is 1. The molecule has 5 nitrogen and oxygen atoms in total. The van der Waals surface area contributed by atoms with Gasteiger partial charge >= 0.3 is 0 Å². The molecule has 1 aromatic carbocycles. The predicted octanol–water partition coefficient (Wildman–Crippen LogP) is 0.500. The Hall–Kier alpha value is -2.40. The van der Waals surface area contributed by atoms with Gasteiger partial charge in [0, 0.05) is 12.3 Å². The molecule has 0 aliphatic rings. The monoisotopic (exact) mass is 243 g/mol. The Morgan fingerprint density at radius 1 is 1.17 bits per heavy atom. The van der Waals surface area contributed by atoms with Gasteiger partial charge in [0.2, 0.25) is 0 Å². The van der Waals surface area contributed by atoms with E-state index in [1.807, 2.05) is 35.8 Å². The lowest BCUT2D eigenvalue weighted by Gasteiger charge is -2.07. The fourth-order valence-corrected chi connectivity index (χ4v) is 1.65. The van der Waals surface area contributed by atoms with Gasteiger partial charge in [0.15, 0.2) is 0 Å². The van der Waals surface area contributed by atoms with E-state index < -0.39 is 5.91 Å². The molecule has 1 aromatic heterocycles. The lowest BCUT2D eigenvalue weighted by Crippen LogP contribution is -2.31. The van der Waals surface area contributed by atoms with Crippen LogP contribution in [-0.4, -0.2) is 10.5 Å². The lowest BCUT2D eigenvalue weighted by atomic mass is 10.2. The minimum absolute atomic E-state index is 0.160. The molecule has 0 radical (unpaired) electrons. The van der Waals surface area contributed by atoms with E-state index in [2.05, 4.69) is 0 Å². The molecule has 2 rings (SSSR count). The van der Waals surface area contributed by atoms with Gasteiger partial charge in [0.25, 0.3) is 11.5 Å². The Morgan fingerprint density at radius 3 is 2.56 bits per heavy atom. The number of benzene rings is 1. The summed E-state index contributed by atoms with van der Waals surface area (Å²) in [6.07, 6.45) is 1.50. The molecular weight excluding hydrogens is 230 g/mol. The number of hydrogen-bond acceptors (Lipinski definition) is 3. The summed E-state index contributed by atoms with van der Waals surface area (Å²) in [5.74, 6) is 4.64. The summed E-state index contributed by atoms with van der Waals surface area (Å²) >= 11 is 0. The molecule has 5 heteroatoms. The van der Waals surface area contributed by atoms with E-state index in [-0.39, 0.29) is 5.56 Å². The van der Waals surface area contributed by atoms with Crippen LogP contribution in [0.5, 0.6) is 0 Å². The second-order valence-corrected chi connectivity index (χ2v) is 3.84. The number of nitrogen functional groups attached to an aromatic ring is 1. The van der Waals surface area contributed by atoms with E-state index in [0.29, 0.717) is 12.1 Å². The Bertz CT molecular complexity index is 605. The van der Waals surface area contributed by atoms with E-state index in [9.17, 15) is 9.59 Å². The van der Waals surface area contributed by atoms with Crippen molar-refractivity contribution in [2.24, 2.45) is 5.84 Å². The second-order valence-electron chi connectivity index (χ2n) is 3.84. The first kappa shape index (κ1) is 12.1. The van der Waals surface area contributed by atoms with Crippen LogP contribution in [0, 0.1) is 0 Å². The van der Waals surface area contributed by atoms with Crippen LogP contribution in [0.25, 0.3) is 0 Å². The van der Waals surface area contributed by atoms with Gasteiger partial charge in [-0.05, 0) is 11.6 Å². The lowest BCUT2D eigenvalue weighted by molar-refractivity contribution is 0.0953. The van der Waals surface area contributed by atoms with E-state index in [1.54, 1.807) is 0 Å². The summed E-state index contributed by atoms with van der Waals surface area (Å²) in [7, 11) is 0. The fourth-order valence-electron chi connectivity index (χ4n) is 1.65. The highest BCUT2D eigenvalue weighted by molar-refractivity contribution is 5.93. The first-order valence-corrected chi connectivity index (χ1v) is 5.46. The van der Waals surface area contributed by atoms with Gasteiger partial charge in [0.1, 0.15) is 0 Å². The summed E-state index contributed by atoms with van der Waals surface area (Å²) < 4.78 is 1.47. The highest BCUT2D eigenvalue weighted by Crippen LogP contribution is 2.02. The molecule has 92 valence electrons. The van der Waals surface area contributed by atoms with Gasteiger partial charge in [-0.15, -0.1) is 0 Å². The van der Waals surface area contributed by atoms with Crippen molar-refractivity contribution in [2.45, 2.75) is 6.54 Å². The zero-order chi connectivity index (χ0) is 13.0. The minimum Gasteiger partial charge on any atom is -0.310 e. The number of aromatic nitrogens is 1. The molecule has 0 aliphatic carbocycles. The van der Waals surface area contributed by atoms with Crippen molar-refractivity contribution >= 4 is 5.91 Å². The standard InChI is InChI=1S/C13H13N3O2/c14-15-13(18)11-6-7-12(17)16(9-11)8-10-4-2-1-3-5-10/h1-7,9H,8,14H2,(H,15,18). The smallest absolute Gasteiger partial charge is 0.266 e. The van der Waals surface area contributed by atoms with Crippen LogP contribution in [0.1, 0.15) is 15.9 Å². The molecule has 2 aromatic rings. The molecule has 0 saturated carbocycles. The molecule has 0 saturated heterocycles. The Labute approximate surface area is 104 Å². The zero-order valence-corrected chi connectivity index (χ0v) is 9.67. The Balaban J connectivity index is 2.33. The van der Waals surface area contributed by atoms with E-state index in [0.717, 1.165) is 5.56 Å². The molecule has 0 aliphatic heterocycles. The summed E-state index contributed by atoms with van der Waals surface area (Å²) in [5.41, 5.74) is 3.22. The second kappa shape index (κ2) is 5.29. The van der Waals surface area contributed by atoms with Gasteiger partial charge in [-0.2, -0.15) is 0 Å². The molecule has 1 heterocycles. The van der Waals surface area contributed by atoms with Crippen molar-refractivity contribution < 1.29 is 4.79 Å². The van der Waals surface area contributed by atoms with Crippen LogP contribution in [0.2, 0.25) is 0 Å². The highest BCUT2D eigenvalue weighted by atomic mass is 16.2. The number of nitrogens with one attached hydrogen (secondary N) is 1. The maximum atomic E-state index is 11.7. The van der Waals surface area contributed by atoms with Crippen molar-refractivity contribution in [3.8, 4) is 0 Å². The van der Waals surface area contributed by atoms with Gasteiger partial charge in [-0.3, -0.25) is 15.0 Å². The largest absolute Gasteiger partial charge is 0.310 e. The third-order valence-corrected chi connectivity index (χ3v) is 2.57. The van der Waals surface area contributed by atoms with Crippen molar-refractivity contribution in [1.82, 2.24) is 9.99 Å². The van der Waals surface area contributed by atoms with Crippen molar-refractivity contribution in [3.63, 3.8) is 0 Å². The summed E-state index contributed by atoms with van der Waals surface area (Å²) in [5, 5.41) is 0. The number of amides is 1. The first-order valence-electron chi connectivity index (χ1n) is 5.46. The zero-order valence-electron chi connectivity index (χ0n) is 9.67. The van der Waals surface area contributed by atoms with E-state index >= 15 is 0 Å². The molecule has 18 heavy (non-hydrogen) atoms. The normalized spacial score (nSPS) is 10.1. The number of hydrazine groups is 1. The number of carbonyl (C=O) groups excluding carboxylic acids is 1. The topological polar surface area (TPSA) is 77.1 Å². The third-order valence-electron chi connectivity index (χ3n) is 2.57. The number of rotatable bonds is 3. The third kappa shape index (κ3) is 2.64. The Kier molecular flexibility index (Phi) is 3.54. The van der Waals surface area contributed by atoms with Gasteiger partial charge in [-0.1, -0.05) is 30.3 Å². The Morgan fingerprint density at radius 2 is 1.89 bits per heavy atom. The van der Waals surface area contributed by atoms with Crippen LogP contribution < -0.4 is 16.8 Å². The summed E-state index contributed by atoms with van der Waals surface area (Å²) in [4.78, 5) is 23.1. The van der Waals surface area contributed by atoms with Crippen LogP contribution in [0.15, 0.2) is 53.5 Å². The maximum Gasteiger partial charge on any atom is 0.266 e. The molecule has 1 amide bonds. The maximum absolute atomic E-state index is 11.7. The van der Waals surface area contributed by atoms with Crippen LogP contribution in [0.4, 0.5) is 0 Å². The van der Waals surface area contributed by atoms with E-state index in [4.69, 9.17) is 5.84 Å².